The summed E-state index contributed by atoms with van der Waals surface area (Å²) in [6, 6.07) is 5.25. The van der Waals surface area contributed by atoms with Crippen LogP contribution in [0.4, 0.5) is 5.69 Å². The lowest BCUT2D eigenvalue weighted by atomic mass is 9.88. The van der Waals surface area contributed by atoms with Gasteiger partial charge in [0, 0.05) is 5.69 Å². The van der Waals surface area contributed by atoms with E-state index in [2.05, 4.69) is 22.9 Å². The molecule has 0 amide bonds. The molecule has 1 saturated carbocycles. The topological polar surface area (TPSA) is 52.3 Å². The minimum absolute atomic E-state index is 0.0413. The van der Waals surface area contributed by atoms with Crippen LogP contribution in [0.15, 0.2) is 22.7 Å². The quantitative estimate of drug-likeness (QED) is 0.668. The largest absolute Gasteiger partial charge is 0.458 e. The van der Waals surface area contributed by atoms with Crippen molar-refractivity contribution >= 4 is 27.6 Å². The number of nitrogen functional groups attached to an aromatic ring is 1. The maximum Gasteiger partial charge on any atom is 0.339 e. The van der Waals surface area contributed by atoms with E-state index in [0.717, 1.165) is 19.3 Å². The van der Waals surface area contributed by atoms with Crippen molar-refractivity contribution in [3.8, 4) is 0 Å². The Morgan fingerprint density at radius 2 is 2.11 bits per heavy atom. The van der Waals surface area contributed by atoms with E-state index in [1.54, 1.807) is 18.2 Å². The third kappa shape index (κ3) is 2.86. The Hall–Kier alpha value is -1.03. The van der Waals surface area contributed by atoms with Gasteiger partial charge in [-0.3, -0.25) is 0 Å². The van der Waals surface area contributed by atoms with Gasteiger partial charge in [-0.05, 0) is 53.2 Å². The minimum Gasteiger partial charge on any atom is -0.458 e. The first kappa shape index (κ1) is 13.4. The van der Waals surface area contributed by atoms with Gasteiger partial charge in [-0.15, -0.1) is 0 Å². The van der Waals surface area contributed by atoms with Crippen LogP contribution in [0.2, 0.25) is 0 Å². The van der Waals surface area contributed by atoms with Crippen LogP contribution < -0.4 is 5.73 Å². The van der Waals surface area contributed by atoms with Crippen molar-refractivity contribution in [3.05, 3.63) is 28.2 Å². The van der Waals surface area contributed by atoms with E-state index < -0.39 is 0 Å². The van der Waals surface area contributed by atoms with E-state index >= 15 is 0 Å². The number of ether oxygens (including phenoxy) is 1. The van der Waals surface area contributed by atoms with Gasteiger partial charge in [0.25, 0.3) is 0 Å². The van der Waals surface area contributed by atoms with Gasteiger partial charge in [0.15, 0.2) is 0 Å². The zero-order valence-electron chi connectivity index (χ0n) is 10.5. The number of carbonyl (C=O) groups excluding carboxylic acids is 1. The Morgan fingerprint density at radius 3 is 2.83 bits per heavy atom. The minimum atomic E-state index is -0.284. The fourth-order valence-corrected chi connectivity index (χ4v) is 2.79. The summed E-state index contributed by atoms with van der Waals surface area (Å²) < 4.78 is 6.22. The summed E-state index contributed by atoms with van der Waals surface area (Å²) in [5.41, 5.74) is 6.83. The van der Waals surface area contributed by atoms with Crippen molar-refractivity contribution in [1.29, 1.82) is 0 Å². The van der Waals surface area contributed by atoms with Gasteiger partial charge in [-0.2, -0.15) is 0 Å². The molecule has 0 saturated heterocycles. The number of benzene rings is 1. The molecule has 0 radical (unpaired) electrons. The van der Waals surface area contributed by atoms with Gasteiger partial charge in [-0.25, -0.2) is 4.79 Å². The average molecular weight is 312 g/mol. The van der Waals surface area contributed by atoms with E-state index in [1.165, 1.54) is 6.42 Å². The Labute approximate surface area is 116 Å². The molecule has 0 aliphatic heterocycles. The molecular formula is C14H18BrNO2. The highest BCUT2D eigenvalue weighted by molar-refractivity contribution is 9.10. The standard InChI is InChI=1S/C14H18BrNO2/c1-9-5-2-3-8-12(9)18-14(17)10-6-4-7-11(16)13(10)15/h4,6-7,9,12H,2-3,5,8,16H2,1H3. The van der Waals surface area contributed by atoms with Crippen LogP contribution in [0.3, 0.4) is 0 Å². The number of anilines is 1. The lowest BCUT2D eigenvalue weighted by molar-refractivity contribution is 0.00472. The van der Waals surface area contributed by atoms with Gasteiger partial charge in [0.2, 0.25) is 0 Å². The molecule has 0 aromatic heterocycles. The lowest BCUT2D eigenvalue weighted by Gasteiger charge is -2.28. The molecule has 2 N–H and O–H groups in total. The molecule has 1 aliphatic carbocycles. The van der Waals surface area contributed by atoms with Gasteiger partial charge in [0.05, 0.1) is 10.0 Å². The highest BCUT2D eigenvalue weighted by Gasteiger charge is 2.26. The molecule has 0 bridgehead atoms. The number of rotatable bonds is 2. The Balaban J connectivity index is 2.09. The van der Waals surface area contributed by atoms with Crippen LogP contribution >= 0.6 is 15.9 Å². The summed E-state index contributed by atoms with van der Waals surface area (Å²) in [6.45, 7) is 2.14. The molecule has 2 rings (SSSR count). The molecule has 1 aromatic carbocycles. The predicted octanol–water partition coefficient (Wildman–Crippen LogP) is 3.77. The molecule has 1 aliphatic rings. The SMILES string of the molecule is CC1CCCCC1OC(=O)c1cccc(N)c1Br. The van der Waals surface area contributed by atoms with Crippen LogP contribution in [0.5, 0.6) is 0 Å². The first-order valence-corrected chi connectivity index (χ1v) is 7.14. The van der Waals surface area contributed by atoms with E-state index in [0.29, 0.717) is 21.6 Å². The van der Waals surface area contributed by atoms with Crippen molar-refractivity contribution in [2.24, 2.45) is 5.92 Å². The molecule has 4 heteroatoms. The van der Waals surface area contributed by atoms with Gasteiger partial charge in [0.1, 0.15) is 6.10 Å². The number of halogens is 1. The molecule has 0 heterocycles. The summed E-state index contributed by atoms with van der Waals surface area (Å²) in [5.74, 6) is 0.162. The van der Waals surface area contributed by atoms with Crippen LogP contribution in [0, 0.1) is 5.92 Å². The zero-order chi connectivity index (χ0) is 13.1. The Bertz CT molecular complexity index is 447. The molecule has 1 fully saturated rings. The number of esters is 1. The van der Waals surface area contributed by atoms with Gasteiger partial charge < -0.3 is 10.5 Å². The van der Waals surface area contributed by atoms with Crippen molar-refractivity contribution in [1.82, 2.24) is 0 Å². The second kappa shape index (κ2) is 5.74. The summed E-state index contributed by atoms with van der Waals surface area (Å²) in [7, 11) is 0. The molecule has 0 spiro atoms. The second-order valence-electron chi connectivity index (χ2n) is 4.91. The molecule has 2 unspecified atom stereocenters. The van der Waals surface area contributed by atoms with Crippen LogP contribution in [-0.4, -0.2) is 12.1 Å². The molecule has 2 atom stereocenters. The maximum atomic E-state index is 12.1. The Morgan fingerprint density at radius 1 is 1.39 bits per heavy atom. The molecule has 18 heavy (non-hydrogen) atoms. The van der Waals surface area contributed by atoms with Crippen LogP contribution in [-0.2, 0) is 4.74 Å². The smallest absolute Gasteiger partial charge is 0.339 e. The first-order valence-electron chi connectivity index (χ1n) is 6.34. The highest BCUT2D eigenvalue weighted by Crippen LogP contribution is 2.29. The maximum absolute atomic E-state index is 12.1. The molecule has 98 valence electrons. The van der Waals surface area contributed by atoms with E-state index in [4.69, 9.17) is 10.5 Å². The Kier molecular flexibility index (Phi) is 4.27. The number of hydrogen-bond donors (Lipinski definition) is 1. The fourth-order valence-electron chi connectivity index (χ4n) is 2.37. The third-order valence-electron chi connectivity index (χ3n) is 3.54. The van der Waals surface area contributed by atoms with Crippen molar-refractivity contribution < 1.29 is 9.53 Å². The number of nitrogens with two attached hydrogens (primary N) is 1. The number of carbonyl (C=O) groups is 1. The third-order valence-corrected chi connectivity index (χ3v) is 4.42. The first-order chi connectivity index (χ1) is 8.59. The number of hydrogen-bond acceptors (Lipinski definition) is 3. The summed E-state index contributed by atoms with van der Waals surface area (Å²) in [5, 5.41) is 0. The van der Waals surface area contributed by atoms with Gasteiger partial charge >= 0.3 is 5.97 Å². The van der Waals surface area contributed by atoms with Crippen molar-refractivity contribution in [2.45, 2.75) is 38.7 Å². The second-order valence-corrected chi connectivity index (χ2v) is 5.71. The van der Waals surface area contributed by atoms with Crippen molar-refractivity contribution in [2.75, 3.05) is 5.73 Å². The fraction of sp³-hybridized carbons (Fsp3) is 0.500. The average Bonchev–Trinajstić information content (AvgIpc) is 2.35. The monoisotopic (exact) mass is 311 g/mol. The van der Waals surface area contributed by atoms with Crippen LogP contribution in [0.25, 0.3) is 0 Å². The predicted molar refractivity (Wildman–Crippen MR) is 75.4 cm³/mol. The lowest BCUT2D eigenvalue weighted by Crippen LogP contribution is -2.28. The van der Waals surface area contributed by atoms with Crippen molar-refractivity contribution in [3.63, 3.8) is 0 Å². The van der Waals surface area contributed by atoms with Crippen LogP contribution in [0.1, 0.15) is 43.0 Å². The molecule has 3 nitrogen and oxygen atoms in total. The summed E-state index contributed by atoms with van der Waals surface area (Å²) in [6.07, 6.45) is 4.51. The van der Waals surface area contributed by atoms with E-state index in [9.17, 15) is 4.79 Å². The molecule has 1 aromatic rings. The highest BCUT2D eigenvalue weighted by atomic mass is 79.9. The normalized spacial score (nSPS) is 23.7. The summed E-state index contributed by atoms with van der Waals surface area (Å²) >= 11 is 3.33. The summed E-state index contributed by atoms with van der Waals surface area (Å²) in [4.78, 5) is 12.1. The molecular weight excluding hydrogens is 294 g/mol. The zero-order valence-corrected chi connectivity index (χ0v) is 12.1. The van der Waals surface area contributed by atoms with E-state index in [-0.39, 0.29) is 12.1 Å². The van der Waals surface area contributed by atoms with Gasteiger partial charge in [-0.1, -0.05) is 19.4 Å². The van der Waals surface area contributed by atoms with E-state index in [1.807, 2.05) is 0 Å².